The average molecular weight is 388 g/mol. The monoisotopic (exact) mass is 387 g/mol. The number of ether oxygens (including phenoxy) is 2. The first-order chi connectivity index (χ1) is 13.7. The number of likely N-dealkylation sites (tertiary alicyclic amines) is 1. The van der Waals surface area contributed by atoms with Gasteiger partial charge < -0.3 is 24.6 Å². The lowest BCUT2D eigenvalue weighted by atomic mass is 9.94. The molecule has 154 valence electrons. The van der Waals surface area contributed by atoms with E-state index in [4.69, 9.17) is 9.47 Å². The second-order valence-electron chi connectivity index (χ2n) is 8.32. The number of nitrogens with one attached hydrogen (secondary N) is 1. The van der Waals surface area contributed by atoms with E-state index in [0.717, 1.165) is 18.4 Å². The van der Waals surface area contributed by atoms with Crippen molar-refractivity contribution in [2.24, 2.45) is 0 Å². The lowest BCUT2D eigenvalue weighted by molar-refractivity contribution is -0.181. The third-order valence-corrected chi connectivity index (χ3v) is 6.54. The smallest absolute Gasteiger partial charge is 0.317 e. The van der Waals surface area contributed by atoms with Gasteiger partial charge in [-0.15, -0.1) is 0 Å². The Morgan fingerprint density at radius 2 is 1.75 bits per heavy atom. The number of nitrogens with zero attached hydrogens (tertiary/aromatic N) is 2. The average Bonchev–Trinajstić information content (AvgIpc) is 3.21. The van der Waals surface area contributed by atoms with Crippen molar-refractivity contribution in [3.8, 4) is 0 Å². The molecule has 6 heteroatoms. The van der Waals surface area contributed by atoms with Gasteiger partial charge in [0.05, 0.1) is 13.2 Å². The molecule has 1 N–H and O–H groups in total. The van der Waals surface area contributed by atoms with Gasteiger partial charge in [0.2, 0.25) is 0 Å². The maximum Gasteiger partial charge on any atom is 0.317 e. The van der Waals surface area contributed by atoms with E-state index in [1.165, 1.54) is 37.8 Å². The van der Waals surface area contributed by atoms with E-state index < -0.39 is 5.79 Å². The number of piperidine rings is 1. The largest absolute Gasteiger partial charge is 0.372 e. The van der Waals surface area contributed by atoms with Crippen LogP contribution in [0.4, 0.5) is 10.5 Å². The third-order valence-electron chi connectivity index (χ3n) is 6.54. The molecule has 0 radical (unpaired) electrons. The van der Waals surface area contributed by atoms with Crippen LogP contribution in [0.25, 0.3) is 0 Å². The van der Waals surface area contributed by atoms with Crippen LogP contribution in [0.2, 0.25) is 0 Å². The van der Waals surface area contributed by atoms with Crippen LogP contribution in [0.1, 0.15) is 50.5 Å². The number of carbonyl (C=O) groups excluding carboxylic acids is 1. The summed E-state index contributed by atoms with van der Waals surface area (Å²) in [6.45, 7) is 3.24. The van der Waals surface area contributed by atoms with Gasteiger partial charge in [0.25, 0.3) is 0 Å². The Labute approximate surface area is 168 Å². The molecule has 0 atom stereocenters. The molecule has 1 aliphatic carbocycles. The molecular weight excluding hydrogens is 354 g/mol. The van der Waals surface area contributed by atoms with E-state index in [9.17, 15) is 4.79 Å². The predicted molar refractivity (Wildman–Crippen MR) is 109 cm³/mol. The fourth-order valence-electron chi connectivity index (χ4n) is 4.65. The molecule has 0 bridgehead atoms. The molecule has 2 heterocycles. The Morgan fingerprint density at radius 1 is 1.11 bits per heavy atom. The summed E-state index contributed by atoms with van der Waals surface area (Å²) in [5.41, 5.74) is 2.39. The van der Waals surface area contributed by atoms with Crippen molar-refractivity contribution < 1.29 is 14.3 Å². The van der Waals surface area contributed by atoms with Crippen molar-refractivity contribution in [1.29, 1.82) is 0 Å². The van der Waals surface area contributed by atoms with Crippen molar-refractivity contribution in [3.05, 3.63) is 29.8 Å². The van der Waals surface area contributed by atoms with Gasteiger partial charge >= 0.3 is 6.03 Å². The zero-order chi connectivity index (χ0) is 19.4. The van der Waals surface area contributed by atoms with Gasteiger partial charge in [0.1, 0.15) is 0 Å². The quantitative estimate of drug-likeness (QED) is 0.859. The normalized spacial score (nSPS) is 22.4. The number of amides is 2. The van der Waals surface area contributed by atoms with Crippen LogP contribution in [0.15, 0.2) is 24.3 Å². The Morgan fingerprint density at radius 3 is 2.39 bits per heavy atom. The number of anilines is 1. The number of urea groups is 1. The highest BCUT2D eigenvalue weighted by molar-refractivity contribution is 5.74. The summed E-state index contributed by atoms with van der Waals surface area (Å²) in [5.74, 6) is -0.434. The zero-order valence-electron chi connectivity index (χ0n) is 17.0. The van der Waals surface area contributed by atoms with Crippen LogP contribution in [0.5, 0.6) is 0 Å². The fourth-order valence-corrected chi connectivity index (χ4v) is 4.65. The van der Waals surface area contributed by atoms with E-state index in [2.05, 4.69) is 41.5 Å². The summed E-state index contributed by atoms with van der Waals surface area (Å²) in [4.78, 5) is 16.8. The van der Waals surface area contributed by atoms with Crippen molar-refractivity contribution in [1.82, 2.24) is 10.2 Å². The van der Waals surface area contributed by atoms with Gasteiger partial charge in [0, 0.05) is 51.3 Å². The van der Waals surface area contributed by atoms with Crippen molar-refractivity contribution >= 4 is 11.7 Å². The van der Waals surface area contributed by atoms with E-state index >= 15 is 0 Å². The van der Waals surface area contributed by atoms with Crippen LogP contribution in [-0.4, -0.2) is 56.1 Å². The molecule has 1 aromatic rings. The molecule has 1 spiro atoms. The topological polar surface area (TPSA) is 54.0 Å². The Hall–Kier alpha value is -1.79. The second-order valence-corrected chi connectivity index (χ2v) is 8.32. The number of benzene rings is 1. The van der Waals surface area contributed by atoms with Gasteiger partial charge in [0.15, 0.2) is 5.79 Å². The molecule has 0 unspecified atom stereocenters. The lowest BCUT2D eigenvalue weighted by Gasteiger charge is -2.37. The highest BCUT2D eigenvalue weighted by Crippen LogP contribution is 2.31. The Bertz CT molecular complexity index is 641. The Balaban J connectivity index is 1.24. The molecule has 4 rings (SSSR count). The number of hydrogen-bond acceptors (Lipinski definition) is 4. The fraction of sp³-hybridized carbons (Fsp3) is 0.682. The number of carbonyl (C=O) groups is 1. The van der Waals surface area contributed by atoms with Crippen molar-refractivity contribution in [2.75, 3.05) is 38.3 Å². The van der Waals surface area contributed by atoms with Crippen molar-refractivity contribution in [2.45, 2.75) is 63.3 Å². The molecule has 1 aromatic carbocycles. The Kier molecular flexibility index (Phi) is 6.07. The van der Waals surface area contributed by atoms with Crippen LogP contribution in [0.3, 0.4) is 0 Å². The highest BCUT2D eigenvalue weighted by atomic mass is 16.7. The SMILES string of the molecule is CN(c1ccc(CNC(=O)N2CCC3(CC2)OCCO3)cc1)C1CCCCC1. The molecular formula is C22H33N3O3. The summed E-state index contributed by atoms with van der Waals surface area (Å²) in [6, 6.07) is 9.26. The molecule has 6 nitrogen and oxygen atoms in total. The van der Waals surface area contributed by atoms with Crippen LogP contribution >= 0.6 is 0 Å². The molecule has 2 saturated heterocycles. The summed E-state index contributed by atoms with van der Waals surface area (Å²) < 4.78 is 11.5. The standard InChI is InChI=1S/C22H33N3O3/c1-24(19-5-3-2-4-6-19)20-9-7-18(8-10-20)17-23-21(26)25-13-11-22(12-14-25)27-15-16-28-22/h7-10,19H,2-6,11-17H2,1H3,(H,23,26). The van der Waals surface area contributed by atoms with E-state index in [-0.39, 0.29) is 6.03 Å². The van der Waals surface area contributed by atoms with Gasteiger partial charge in [-0.1, -0.05) is 31.4 Å². The number of rotatable bonds is 4. The summed E-state index contributed by atoms with van der Waals surface area (Å²) in [5, 5.41) is 3.05. The minimum Gasteiger partial charge on any atom is -0.372 e. The first kappa shape index (κ1) is 19.5. The second kappa shape index (κ2) is 8.70. The third kappa shape index (κ3) is 4.44. The summed E-state index contributed by atoms with van der Waals surface area (Å²) in [6.07, 6.45) is 8.15. The van der Waals surface area contributed by atoms with Gasteiger partial charge in [-0.2, -0.15) is 0 Å². The van der Waals surface area contributed by atoms with E-state index in [0.29, 0.717) is 38.9 Å². The highest BCUT2D eigenvalue weighted by Gasteiger charge is 2.40. The van der Waals surface area contributed by atoms with Crippen LogP contribution < -0.4 is 10.2 Å². The van der Waals surface area contributed by atoms with Crippen LogP contribution in [-0.2, 0) is 16.0 Å². The van der Waals surface area contributed by atoms with Gasteiger partial charge in [-0.25, -0.2) is 4.79 Å². The van der Waals surface area contributed by atoms with E-state index in [1.54, 1.807) is 0 Å². The minimum atomic E-state index is -0.434. The van der Waals surface area contributed by atoms with E-state index in [1.807, 2.05) is 4.90 Å². The molecule has 2 aliphatic heterocycles. The molecule has 28 heavy (non-hydrogen) atoms. The minimum absolute atomic E-state index is 0.00347. The van der Waals surface area contributed by atoms with Gasteiger partial charge in [-0.05, 0) is 30.5 Å². The van der Waals surface area contributed by atoms with Crippen LogP contribution in [0, 0.1) is 0 Å². The predicted octanol–water partition coefficient (Wildman–Crippen LogP) is 3.50. The summed E-state index contributed by atoms with van der Waals surface area (Å²) in [7, 11) is 2.20. The molecule has 3 aliphatic rings. The maximum atomic E-state index is 12.5. The zero-order valence-corrected chi connectivity index (χ0v) is 17.0. The van der Waals surface area contributed by atoms with Crippen molar-refractivity contribution in [3.63, 3.8) is 0 Å². The first-order valence-electron chi connectivity index (χ1n) is 10.8. The molecule has 0 aromatic heterocycles. The summed E-state index contributed by atoms with van der Waals surface area (Å²) >= 11 is 0. The maximum absolute atomic E-state index is 12.5. The molecule has 3 fully saturated rings. The van der Waals surface area contributed by atoms with Gasteiger partial charge in [-0.3, -0.25) is 0 Å². The lowest BCUT2D eigenvalue weighted by Crippen LogP contribution is -2.50. The molecule has 2 amide bonds. The molecule has 1 saturated carbocycles. The first-order valence-corrected chi connectivity index (χ1v) is 10.8. The number of hydrogen-bond donors (Lipinski definition) is 1.